The van der Waals surface area contributed by atoms with Crippen LogP contribution in [-0.4, -0.2) is 36.2 Å². The highest BCUT2D eigenvalue weighted by atomic mass is 16.5. The Morgan fingerprint density at radius 2 is 2.21 bits per heavy atom. The molecule has 0 saturated heterocycles. The van der Waals surface area contributed by atoms with Gasteiger partial charge in [0, 0.05) is 0 Å². The molecule has 1 aromatic rings. The minimum Gasteiger partial charge on any atom is -0.338 e. The average molecular weight is 198 g/mol. The predicted molar refractivity (Wildman–Crippen MR) is 53.8 cm³/mol. The fourth-order valence-corrected chi connectivity index (χ4v) is 1.26. The van der Waals surface area contributed by atoms with Crippen molar-refractivity contribution >= 4 is 0 Å². The van der Waals surface area contributed by atoms with Crippen LogP contribution in [0.1, 0.15) is 31.1 Å². The first kappa shape index (κ1) is 11.1. The topological polar surface area (TPSA) is 54.2 Å². The van der Waals surface area contributed by atoms with Gasteiger partial charge in [-0.1, -0.05) is 12.1 Å². The molecular formula is C9H18N4O. The molecule has 0 aliphatic rings. The van der Waals surface area contributed by atoms with Crippen molar-refractivity contribution in [2.24, 2.45) is 0 Å². The molecule has 0 saturated carbocycles. The van der Waals surface area contributed by atoms with Crippen molar-refractivity contribution in [3.05, 3.63) is 11.7 Å². The number of nitrogens with one attached hydrogen (secondary N) is 1. The molecular weight excluding hydrogens is 180 g/mol. The molecule has 1 atom stereocenters. The van der Waals surface area contributed by atoms with Crippen LogP contribution in [0.15, 0.2) is 4.52 Å². The number of nitrogens with zero attached hydrogens (tertiary/aromatic N) is 3. The van der Waals surface area contributed by atoms with Crippen LogP contribution in [0.5, 0.6) is 0 Å². The molecule has 1 rings (SSSR count). The largest absolute Gasteiger partial charge is 0.338 e. The summed E-state index contributed by atoms with van der Waals surface area (Å²) in [6, 6.07) is 0.165. The molecule has 0 fully saturated rings. The summed E-state index contributed by atoms with van der Waals surface area (Å²) < 4.78 is 5.16. The SMILES string of the molecule is CCC(NC)c1nc(CN(C)C)no1. The highest BCUT2D eigenvalue weighted by molar-refractivity contribution is 4.91. The Hall–Kier alpha value is -0.940. The van der Waals surface area contributed by atoms with Crippen molar-refractivity contribution in [1.29, 1.82) is 0 Å². The summed E-state index contributed by atoms with van der Waals surface area (Å²) in [5, 5.41) is 7.03. The van der Waals surface area contributed by atoms with Crippen LogP contribution >= 0.6 is 0 Å². The lowest BCUT2D eigenvalue weighted by Crippen LogP contribution is -2.16. The minimum absolute atomic E-state index is 0.165. The zero-order valence-corrected chi connectivity index (χ0v) is 9.24. The summed E-state index contributed by atoms with van der Waals surface area (Å²) in [5.74, 6) is 1.41. The van der Waals surface area contributed by atoms with Crippen LogP contribution in [-0.2, 0) is 6.54 Å². The Kier molecular flexibility index (Phi) is 4.03. The van der Waals surface area contributed by atoms with Crippen LogP contribution in [0.2, 0.25) is 0 Å². The van der Waals surface area contributed by atoms with Gasteiger partial charge in [-0.05, 0) is 27.6 Å². The highest BCUT2D eigenvalue weighted by Gasteiger charge is 2.14. The summed E-state index contributed by atoms with van der Waals surface area (Å²) in [6.07, 6.45) is 0.945. The minimum atomic E-state index is 0.165. The van der Waals surface area contributed by atoms with E-state index in [4.69, 9.17) is 4.52 Å². The number of rotatable bonds is 5. The first-order valence-corrected chi connectivity index (χ1v) is 4.81. The van der Waals surface area contributed by atoms with Crippen LogP contribution in [0, 0.1) is 0 Å². The Bertz CT molecular complexity index is 268. The van der Waals surface area contributed by atoms with Gasteiger partial charge in [-0.3, -0.25) is 0 Å². The maximum absolute atomic E-state index is 5.16. The van der Waals surface area contributed by atoms with E-state index in [1.54, 1.807) is 0 Å². The molecule has 0 aliphatic heterocycles. The zero-order valence-electron chi connectivity index (χ0n) is 9.24. The van der Waals surface area contributed by atoms with Gasteiger partial charge in [0.15, 0.2) is 5.82 Å². The van der Waals surface area contributed by atoms with Gasteiger partial charge in [0.25, 0.3) is 0 Å². The molecule has 80 valence electrons. The quantitative estimate of drug-likeness (QED) is 0.758. The zero-order chi connectivity index (χ0) is 10.6. The van der Waals surface area contributed by atoms with Crippen molar-refractivity contribution in [2.75, 3.05) is 21.1 Å². The van der Waals surface area contributed by atoms with Gasteiger partial charge in [-0.2, -0.15) is 4.98 Å². The van der Waals surface area contributed by atoms with Gasteiger partial charge in [0.1, 0.15) is 0 Å². The normalized spacial score (nSPS) is 13.5. The van der Waals surface area contributed by atoms with E-state index in [2.05, 4.69) is 22.4 Å². The maximum atomic E-state index is 5.16. The smallest absolute Gasteiger partial charge is 0.243 e. The third-order valence-corrected chi connectivity index (χ3v) is 2.00. The molecule has 1 heterocycles. The van der Waals surface area contributed by atoms with E-state index < -0.39 is 0 Å². The molecule has 1 aromatic heterocycles. The lowest BCUT2D eigenvalue weighted by molar-refractivity contribution is 0.322. The lowest BCUT2D eigenvalue weighted by Gasteiger charge is -2.07. The summed E-state index contributed by atoms with van der Waals surface area (Å²) in [5.41, 5.74) is 0. The molecule has 1 unspecified atom stereocenters. The predicted octanol–water partition coefficient (Wildman–Crippen LogP) is 0.802. The van der Waals surface area contributed by atoms with Crippen LogP contribution in [0.3, 0.4) is 0 Å². The van der Waals surface area contributed by atoms with E-state index in [-0.39, 0.29) is 6.04 Å². The molecule has 0 aromatic carbocycles. The second kappa shape index (κ2) is 5.07. The number of aromatic nitrogens is 2. The third kappa shape index (κ3) is 2.78. The Balaban J connectivity index is 2.66. The van der Waals surface area contributed by atoms with Crippen molar-refractivity contribution in [3.63, 3.8) is 0 Å². The van der Waals surface area contributed by atoms with E-state index in [1.807, 2.05) is 26.0 Å². The second-order valence-corrected chi connectivity index (χ2v) is 3.54. The maximum Gasteiger partial charge on any atom is 0.243 e. The van der Waals surface area contributed by atoms with E-state index >= 15 is 0 Å². The van der Waals surface area contributed by atoms with Crippen molar-refractivity contribution in [2.45, 2.75) is 25.9 Å². The molecule has 5 heteroatoms. The lowest BCUT2D eigenvalue weighted by atomic mass is 10.2. The van der Waals surface area contributed by atoms with Gasteiger partial charge in [-0.25, -0.2) is 0 Å². The molecule has 0 spiro atoms. The summed E-state index contributed by atoms with van der Waals surface area (Å²) in [4.78, 5) is 6.32. The number of hydrogen-bond acceptors (Lipinski definition) is 5. The molecule has 0 aliphatic carbocycles. The second-order valence-electron chi connectivity index (χ2n) is 3.54. The van der Waals surface area contributed by atoms with E-state index in [1.165, 1.54) is 0 Å². The first-order valence-electron chi connectivity index (χ1n) is 4.81. The fourth-order valence-electron chi connectivity index (χ4n) is 1.26. The summed E-state index contributed by atoms with van der Waals surface area (Å²) in [6.45, 7) is 2.79. The molecule has 14 heavy (non-hydrogen) atoms. The monoisotopic (exact) mass is 198 g/mol. The van der Waals surface area contributed by atoms with Crippen molar-refractivity contribution < 1.29 is 4.52 Å². The standard InChI is InChI=1S/C9H18N4O/c1-5-7(10-2)9-11-8(12-14-9)6-13(3)4/h7,10H,5-6H2,1-4H3. The molecule has 0 amide bonds. The summed E-state index contributed by atoms with van der Waals surface area (Å²) >= 11 is 0. The van der Waals surface area contributed by atoms with Gasteiger partial charge in [0.2, 0.25) is 5.89 Å². The molecule has 5 nitrogen and oxygen atoms in total. The molecule has 1 N–H and O–H groups in total. The Morgan fingerprint density at radius 3 is 2.71 bits per heavy atom. The van der Waals surface area contributed by atoms with Crippen LogP contribution in [0.25, 0.3) is 0 Å². The number of hydrogen-bond donors (Lipinski definition) is 1. The van der Waals surface area contributed by atoms with E-state index in [0.29, 0.717) is 12.4 Å². The average Bonchev–Trinajstić information content (AvgIpc) is 2.54. The van der Waals surface area contributed by atoms with Gasteiger partial charge < -0.3 is 14.7 Å². The Labute approximate surface area is 84.5 Å². The van der Waals surface area contributed by atoms with Crippen molar-refractivity contribution in [3.8, 4) is 0 Å². The van der Waals surface area contributed by atoms with Gasteiger partial charge >= 0.3 is 0 Å². The summed E-state index contributed by atoms with van der Waals surface area (Å²) in [7, 11) is 5.85. The van der Waals surface area contributed by atoms with E-state index in [0.717, 1.165) is 12.2 Å². The molecule has 0 radical (unpaired) electrons. The van der Waals surface area contributed by atoms with Crippen molar-refractivity contribution in [1.82, 2.24) is 20.4 Å². The molecule has 0 bridgehead atoms. The fraction of sp³-hybridized carbons (Fsp3) is 0.778. The van der Waals surface area contributed by atoms with Gasteiger partial charge in [-0.15, -0.1) is 0 Å². The Morgan fingerprint density at radius 1 is 1.50 bits per heavy atom. The first-order chi connectivity index (χ1) is 6.67. The van der Waals surface area contributed by atoms with Crippen LogP contribution < -0.4 is 5.32 Å². The third-order valence-electron chi connectivity index (χ3n) is 2.00. The van der Waals surface area contributed by atoms with E-state index in [9.17, 15) is 0 Å². The van der Waals surface area contributed by atoms with Gasteiger partial charge in [0.05, 0.1) is 12.6 Å². The highest BCUT2D eigenvalue weighted by Crippen LogP contribution is 2.13. The van der Waals surface area contributed by atoms with Crippen LogP contribution in [0.4, 0.5) is 0 Å².